The van der Waals surface area contributed by atoms with Crippen LogP contribution >= 0.6 is 0 Å². The van der Waals surface area contributed by atoms with Gasteiger partial charge in [-0.1, -0.05) is 60.7 Å². The normalized spacial score (nSPS) is 27.0. The molecule has 7 nitrogen and oxygen atoms in total. The molecule has 0 bridgehead atoms. The highest BCUT2D eigenvalue weighted by molar-refractivity contribution is 5.54. The van der Waals surface area contributed by atoms with Gasteiger partial charge in [0.25, 0.3) is 0 Å². The average molecular weight is 364 g/mol. The predicted molar refractivity (Wildman–Crippen MR) is 96.8 cm³/mol. The summed E-state index contributed by atoms with van der Waals surface area (Å²) in [6.07, 6.45) is -0.305. The van der Waals surface area contributed by atoms with Gasteiger partial charge < -0.3 is 14.2 Å². The Balaban J connectivity index is 1.31. The van der Waals surface area contributed by atoms with Crippen molar-refractivity contribution in [2.24, 2.45) is 0 Å². The molecule has 0 aliphatic carbocycles. The average Bonchev–Trinajstić information content (AvgIpc) is 3.44. The first-order valence-corrected chi connectivity index (χ1v) is 9.12. The van der Waals surface area contributed by atoms with Gasteiger partial charge in [0.2, 0.25) is 0 Å². The number of nitrogens with zero attached hydrogens (tertiary/aromatic N) is 4. The van der Waals surface area contributed by atoms with Crippen LogP contribution in [0.2, 0.25) is 0 Å². The van der Waals surface area contributed by atoms with E-state index in [1.807, 2.05) is 53.2 Å². The SMILES string of the molecule is c1ccc(COC2COC3C2OCC3n2nnnc2-c2ccccc2)cc1. The number of rotatable bonds is 5. The molecule has 2 aliphatic heterocycles. The van der Waals surface area contributed by atoms with Crippen molar-refractivity contribution in [3.63, 3.8) is 0 Å². The minimum Gasteiger partial charge on any atom is -0.370 e. The number of tetrazole rings is 1. The topological polar surface area (TPSA) is 71.3 Å². The van der Waals surface area contributed by atoms with Gasteiger partial charge in [-0.2, -0.15) is 0 Å². The number of ether oxygens (including phenoxy) is 3. The van der Waals surface area contributed by atoms with Crippen LogP contribution in [-0.2, 0) is 20.8 Å². The molecule has 0 radical (unpaired) electrons. The molecule has 4 unspecified atom stereocenters. The van der Waals surface area contributed by atoms with Gasteiger partial charge in [0.05, 0.1) is 19.8 Å². The molecule has 138 valence electrons. The second-order valence-corrected chi connectivity index (χ2v) is 6.81. The van der Waals surface area contributed by atoms with Crippen LogP contribution in [0.4, 0.5) is 0 Å². The molecule has 0 amide bonds. The molecule has 7 heteroatoms. The Labute approximate surface area is 156 Å². The predicted octanol–water partition coefficient (Wildman–Crippen LogP) is 2.26. The van der Waals surface area contributed by atoms with E-state index in [-0.39, 0.29) is 24.4 Å². The third-order valence-corrected chi connectivity index (χ3v) is 5.13. The van der Waals surface area contributed by atoms with E-state index < -0.39 is 0 Å². The largest absolute Gasteiger partial charge is 0.370 e. The molecular formula is C20H20N4O3. The lowest BCUT2D eigenvalue weighted by Crippen LogP contribution is -2.32. The van der Waals surface area contributed by atoms with Crippen molar-refractivity contribution in [2.75, 3.05) is 13.2 Å². The highest BCUT2D eigenvalue weighted by Crippen LogP contribution is 2.36. The highest BCUT2D eigenvalue weighted by atomic mass is 16.6. The first-order chi connectivity index (χ1) is 13.4. The molecule has 27 heavy (non-hydrogen) atoms. The second kappa shape index (κ2) is 7.19. The summed E-state index contributed by atoms with van der Waals surface area (Å²) >= 11 is 0. The lowest BCUT2D eigenvalue weighted by molar-refractivity contribution is -0.0399. The van der Waals surface area contributed by atoms with Crippen molar-refractivity contribution in [3.8, 4) is 11.4 Å². The van der Waals surface area contributed by atoms with E-state index in [1.165, 1.54) is 0 Å². The zero-order chi connectivity index (χ0) is 18.1. The summed E-state index contributed by atoms with van der Waals surface area (Å²) in [6.45, 7) is 1.57. The van der Waals surface area contributed by atoms with Crippen LogP contribution in [0.5, 0.6) is 0 Å². The zero-order valence-corrected chi connectivity index (χ0v) is 14.7. The Morgan fingerprint density at radius 3 is 2.48 bits per heavy atom. The molecule has 3 heterocycles. The fourth-order valence-electron chi connectivity index (χ4n) is 3.77. The van der Waals surface area contributed by atoms with Crippen LogP contribution < -0.4 is 0 Å². The number of aromatic nitrogens is 4. The van der Waals surface area contributed by atoms with Gasteiger partial charge in [0, 0.05) is 5.56 Å². The molecule has 2 saturated heterocycles. The Morgan fingerprint density at radius 2 is 1.67 bits per heavy atom. The number of fused-ring (bicyclic) bond motifs is 1. The van der Waals surface area contributed by atoms with E-state index in [2.05, 4.69) is 27.7 Å². The summed E-state index contributed by atoms with van der Waals surface area (Å²) < 4.78 is 20.0. The molecule has 0 saturated carbocycles. The van der Waals surface area contributed by atoms with Gasteiger partial charge in [-0.15, -0.1) is 5.10 Å². The number of hydrogen-bond acceptors (Lipinski definition) is 6. The fourth-order valence-corrected chi connectivity index (χ4v) is 3.77. The maximum Gasteiger partial charge on any atom is 0.182 e. The zero-order valence-electron chi connectivity index (χ0n) is 14.7. The fraction of sp³-hybridized carbons (Fsp3) is 0.350. The Hall–Kier alpha value is -2.61. The minimum absolute atomic E-state index is 0.0643. The van der Waals surface area contributed by atoms with Gasteiger partial charge in [-0.25, -0.2) is 4.68 Å². The van der Waals surface area contributed by atoms with Gasteiger partial charge in [-0.3, -0.25) is 0 Å². The molecule has 5 rings (SSSR count). The summed E-state index contributed by atoms with van der Waals surface area (Å²) in [7, 11) is 0. The van der Waals surface area contributed by atoms with Crippen molar-refractivity contribution >= 4 is 0 Å². The van der Waals surface area contributed by atoms with Gasteiger partial charge in [0.15, 0.2) is 5.82 Å². The molecule has 0 spiro atoms. The molecule has 4 atom stereocenters. The monoisotopic (exact) mass is 364 g/mol. The minimum atomic E-state index is -0.114. The van der Waals surface area contributed by atoms with Crippen LogP contribution in [-0.4, -0.2) is 51.7 Å². The van der Waals surface area contributed by atoms with Gasteiger partial charge in [-0.05, 0) is 16.0 Å². The second-order valence-electron chi connectivity index (χ2n) is 6.81. The van der Waals surface area contributed by atoms with Crippen molar-refractivity contribution in [2.45, 2.75) is 31.0 Å². The van der Waals surface area contributed by atoms with E-state index in [9.17, 15) is 0 Å². The summed E-state index contributed by atoms with van der Waals surface area (Å²) in [5, 5.41) is 12.3. The number of benzene rings is 2. The van der Waals surface area contributed by atoms with Crippen molar-refractivity contribution < 1.29 is 14.2 Å². The van der Waals surface area contributed by atoms with E-state index >= 15 is 0 Å². The first-order valence-electron chi connectivity index (χ1n) is 9.12. The molecule has 2 fully saturated rings. The summed E-state index contributed by atoms with van der Waals surface area (Å²) in [5.74, 6) is 0.724. The Bertz CT molecular complexity index is 887. The van der Waals surface area contributed by atoms with E-state index in [0.717, 1.165) is 17.0 Å². The molecule has 2 aromatic carbocycles. The van der Waals surface area contributed by atoms with Crippen LogP contribution in [0.1, 0.15) is 11.6 Å². The van der Waals surface area contributed by atoms with Crippen LogP contribution in [0.25, 0.3) is 11.4 Å². The third-order valence-electron chi connectivity index (χ3n) is 5.13. The standard InChI is InChI=1S/C20H20N4O3/c1-3-7-14(8-4-1)11-25-17-13-27-18-16(12-26-19(17)18)24-20(21-22-23-24)15-9-5-2-6-10-15/h1-10,16-19H,11-13H2. The molecular weight excluding hydrogens is 344 g/mol. The quantitative estimate of drug-likeness (QED) is 0.692. The lowest BCUT2D eigenvalue weighted by Gasteiger charge is -2.18. The van der Waals surface area contributed by atoms with Crippen LogP contribution in [0.15, 0.2) is 60.7 Å². The first kappa shape index (κ1) is 16.6. The molecule has 0 N–H and O–H groups in total. The highest BCUT2D eigenvalue weighted by Gasteiger charge is 2.50. The number of hydrogen-bond donors (Lipinski definition) is 0. The van der Waals surface area contributed by atoms with Crippen molar-refractivity contribution in [1.82, 2.24) is 20.2 Å². The summed E-state index contributed by atoms with van der Waals surface area (Å²) in [4.78, 5) is 0. The van der Waals surface area contributed by atoms with E-state index in [0.29, 0.717) is 19.8 Å². The maximum atomic E-state index is 6.07. The molecule has 3 aromatic rings. The Kier molecular flexibility index (Phi) is 4.41. The Morgan fingerprint density at radius 1 is 0.926 bits per heavy atom. The van der Waals surface area contributed by atoms with Crippen molar-refractivity contribution in [1.29, 1.82) is 0 Å². The van der Waals surface area contributed by atoms with Gasteiger partial charge in [0.1, 0.15) is 24.4 Å². The van der Waals surface area contributed by atoms with Crippen LogP contribution in [0.3, 0.4) is 0 Å². The smallest absolute Gasteiger partial charge is 0.182 e. The summed E-state index contributed by atoms with van der Waals surface area (Å²) in [6, 6.07) is 20.0. The molecule has 2 aliphatic rings. The third kappa shape index (κ3) is 3.14. The lowest BCUT2D eigenvalue weighted by atomic mass is 10.1. The molecule has 1 aromatic heterocycles. The van der Waals surface area contributed by atoms with E-state index in [4.69, 9.17) is 14.2 Å². The van der Waals surface area contributed by atoms with Crippen LogP contribution in [0, 0.1) is 0 Å². The maximum absolute atomic E-state index is 6.07. The van der Waals surface area contributed by atoms with E-state index in [1.54, 1.807) is 0 Å². The van der Waals surface area contributed by atoms with Crippen molar-refractivity contribution in [3.05, 3.63) is 66.2 Å². The summed E-state index contributed by atoms with van der Waals surface area (Å²) in [5.41, 5.74) is 2.11. The van der Waals surface area contributed by atoms with Gasteiger partial charge >= 0.3 is 0 Å².